The van der Waals surface area contributed by atoms with Crippen LogP contribution >= 0.6 is 11.6 Å². The Hall–Kier alpha value is -1.66. The molecule has 19 heavy (non-hydrogen) atoms. The molecule has 2 atom stereocenters. The predicted octanol–water partition coefficient (Wildman–Crippen LogP) is 1.31. The molecule has 0 aliphatic carbocycles. The minimum Gasteiger partial charge on any atom is -0.481 e. The van der Waals surface area contributed by atoms with Crippen LogP contribution in [0, 0.1) is 11.7 Å². The average Bonchev–Trinajstić information content (AvgIpc) is 2.76. The highest BCUT2D eigenvalue weighted by Gasteiger charge is 2.35. The van der Waals surface area contributed by atoms with Crippen molar-refractivity contribution >= 4 is 23.5 Å². The normalized spacial score (nSPS) is 22.2. The summed E-state index contributed by atoms with van der Waals surface area (Å²) in [7, 11) is 0. The molecule has 7 heteroatoms. The molecule has 5 nitrogen and oxygen atoms in total. The van der Waals surface area contributed by atoms with Crippen molar-refractivity contribution in [3.05, 3.63) is 34.6 Å². The molecule has 1 amide bonds. The van der Waals surface area contributed by atoms with Gasteiger partial charge < -0.3 is 15.2 Å². The topological polar surface area (TPSA) is 75.6 Å². The molecule has 1 fully saturated rings. The second-order valence-electron chi connectivity index (χ2n) is 4.19. The van der Waals surface area contributed by atoms with E-state index in [2.05, 4.69) is 5.32 Å². The van der Waals surface area contributed by atoms with Crippen LogP contribution in [0.3, 0.4) is 0 Å². The summed E-state index contributed by atoms with van der Waals surface area (Å²) in [4.78, 5) is 22.9. The second kappa shape index (κ2) is 5.54. The summed E-state index contributed by atoms with van der Waals surface area (Å²) in [5.74, 6) is -2.92. The summed E-state index contributed by atoms with van der Waals surface area (Å²) >= 11 is 5.76. The van der Waals surface area contributed by atoms with Crippen molar-refractivity contribution in [2.45, 2.75) is 6.04 Å². The van der Waals surface area contributed by atoms with Gasteiger partial charge in [0.05, 0.1) is 29.8 Å². The van der Waals surface area contributed by atoms with Crippen molar-refractivity contribution in [2.24, 2.45) is 5.92 Å². The highest BCUT2D eigenvalue weighted by atomic mass is 35.5. The molecule has 0 bridgehead atoms. The highest BCUT2D eigenvalue weighted by molar-refractivity contribution is 6.33. The molecule has 0 saturated carbocycles. The molecule has 0 radical (unpaired) electrons. The maximum atomic E-state index is 12.9. The van der Waals surface area contributed by atoms with Crippen molar-refractivity contribution in [3.63, 3.8) is 0 Å². The van der Waals surface area contributed by atoms with Gasteiger partial charge in [0.25, 0.3) is 5.91 Å². The lowest BCUT2D eigenvalue weighted by Crippen LogP contribution is -2.42. The van der Waals surface area contributed by atoms with E-state index < -0.39 is 29.7 Å². The number of benzene rings is 1. The van der Waals surface area contributed by atoms with E-state index >= 15 is 0 Å². The van der Waals surface area contributed by atoms with Crippen LogP contribution in [0.2, 0.25) is 5.02 Å². The van der Waals surface area contributed by atoms with Gasteiger partial charge in [0, 0.05) is 0 Å². The fourth-order valence-electron chi connectivity index (χ4n) is 1.86. The van der Waals surface area contributed by atoms with Crippen molar-refractivity contribution < 1.29 is 23.8 Å². The van der Waals surface area contributed by atoms with Gasteiger partial charge in [-0.2, -0.15) is 0 Å². The Balaban J connectivity index is 2.10. The van der Waals surface area contributed by atoms with Gasteiger partial charge >= 0.3 is 5.97 Å². The number of halogens is 2. The first-order valence-corrected chi connectivity index (χ1v) is 5.93. The zero-order valence-electron chi connectivity index (χ0n) is 9.73. The number of amides is 1. The quantitative estimate of drug-likeness (QED) is 0.879. The molecule has 0 aromatic heterocycles. The van der Waals surface area contributed by atoms with Crippen LogP contribution in [0.15, 0.2) is 18.2 Å². The van der Waals surface area contributed by atoms with E-state index in [1.807, 2.05) is 0 Å². The van der Waals surface area contributed by atoms with E-state index in [0.717, 1.165) is 12.1 Å². The zero-order valence-corrected chi connectivity index (χ0v) is 10.5. The standard InChI is InChI=1S/C12H11ClFNO4/c13-9-3-6(14)1-2-7(9)11(16)15-10-5-19-4-8(10)12(17)18/h1-3,8,10H,4-5H2,(H,15,16)(H,17,18). The van der Waals surface area contributed by atoms with Gasteiger partial charge in [-0.15, -0.1) is 0 Å². The number of carboxylic acids is 1. The van der Waals surface area contributed by atoms with Crippen LogP contribution in [0.25, 0.3) is 0 Å². The summed E-state index contributed by atoms with van der Waals surface area (Å²) in [6.45, 7) is 0.180. The number of hydrogen-bond acceptors (Lipinski definition) is 3. The van der Waals surface area contributed by atoms with Crippen LogP contribution in [0.4, 0.5) is 4.39 Å². The number of carboxylic acid groups (broad SMARTS) is 1. The Bertz CT molecular complexity index is 522. The number of nitrogens with one attached hydrogen (secondary N) is 1. The lowest BCUT2D eigenvalue weighted by Gasteiger charge is -2.16. The monoisotopic (exact) mass is 287 g/mol. The summed E-state index contributed by atoms with van der Waals surface area (Å²) in [6, 6.07) is 2.77. The van der Waals surface area contributed by atoms with E-state index in [-0.39, 0.29) is 23.8 Å². The number of hydrogen-bond donors (Lipinski definition) is 2. The molecule has 2 unspecified atom stereocenters. The lowest BCUT2D eigenvalue weighted by atomic mass is 10.0. The van der Waals surface area contributed by atoms with Crippen LogP contribution < -0.4 is 5.32 Å². The van der Waals surface area contributed by atoms with Gasteiger partial charge in [0.1, 0.15) is 11.7 Å². The van der Waals surface area contributed by atoms with Crippen LogP contribution in [-0.2, 0) is 9.53 Å². The molecule has 2 N–H and O–H groups in total. The van der Waals surface area contributed by atoms with Crippen LogP contribution in [0.5, 0.6) is 0 Å². The number of ether oxygens (including phenoxy) is 1. The fraction of sp³-hybridized carbons (Fsp3) is 0.333. The van der Waals surface area contributed by atoms with Crippen molar-refractivity contribution in [2.75, 3.05) is 13.2 Å². The molecule has 1 aliphatic heterocycles. The van der Waals surface area contributed by atoms with Gasteiger partial charge in [0.15, 0.2) is 0 Å². The summed E-state index contributed by atoms with van der Waals surface area (Å²) in [6.07, 6.45) is 0. The predicted molar refractivity (Wildman–Crippen MR) is 64.6 cm³/mol. The second-order valence-corrected chi connectivity index (χ2v) is 4.59. The Labute approximate surface area is 113 Å². The first kappa shape index (κ1) is 13.8. The summed E-state index contributed by atoms with van der Waals surface area (Å²) < 4.78 is 17.9. The Morgan fingerprint density at radius 3 is 2.79 bits per heavy atom. The minimum absolute atomic E-state index is 0.0247. The average molecular weight is 288 g/mol. The molecule has 1 saturated heterocycles. The zero-order chi connectivity index (χ0) is 14.0. The number of carbonyl (C=O) groups is 2. The third-order valence-corrected chi connectivity index (χ3v) is 3.20. The van der Waals surface area contributed by atoms with Gasteiger partial charge in [-0.3, -0.25) is 9.59 Å². The fourth-order valence-corrected chi connectivity index (χ4v) is 2.11. The van der Waals surface area contributed by atoms with Gasteiger partial charge in [-0.25, -0.2) is 4.39 Å². The SMILES string of the molecule is O=C(NC1COCC1C(=O)O)c1ccc(F)cc1Cl. The smallest absolute Gasteiger partial charge is 0.311 e. The minimum atomic E-state index is -1.03. The first-order chi connectivity index (χ1) is 8.99. The largest absolute Gasteiger partial charge is 0.481 e. The van der Waals surface area contributed by atoms with E-state index in [0.29, 0.717) is 0 Å². The molecule has 2 rings (SSSR count). The van der Waals surface area contributed by atoms with Crippen LogP contribution in [0.1, 0.15) is 10.4 Å². The van der Waals surface area contributed by atoms with Crippen LogP contribution in [-0.4, -0.2) is 36.2 Å². The number of aliphatic carboxylic acids is 1. The first-order valence-electron chi connectivity index (χ1n) is 5.55. The third-order valence-electron chi connectivity index (χ3n) is 2.89. The molecular weight excluding hydrogens is 277 g/mol. The molecule has 1 aromatic carbocycles. The number of carbonyl (C=O) groups excluding carboxylic acids is 1. The van der Waals surface area contributed by atoms with Gasteiger partial charge in [-0.1, -0.05) is 11.6 Å². The number of rotatable bonds is 3. The highest BCUT2D eigenvalue weighted by Crippen LogP contribution is 2.19. The van der Waals surface area contributed by atoms with E-state index in [1.54, 1.807) is 0 Å². The summed E-state index contributed by atoms with van der Waals surface area (Å²) in [5.41, 5.74) is 0.0964. The maximum absolute atomic E-state index is 12.9. The Morgan fingerprint density at radius 2 is 2.16 bits per heavy atom. The Kier molecular flexibility index (Phi) is 4.01. The lowest BCUT2D eigenvalue weighted by molar-refractivity contribution is -0.142. The van der Waals surface area contributed by atoms with Crippen molar-refractivity contribution in [1.29, 1.82) is 0 Å². The molecule has 1 heterocycles. The van der Waals surface area contributed by atoms with E-state index in [1.165, 1.54) is 6.07 Å². The maximum Gasteiger partial charge on any atom is 0.311 e. The molecule has 102 valence electrons. The van der Waals surface area contributed by atoms with Crippen molar-refractivity contribution in [1.82, 2.24) is 5.32 Å². The summed E-state index contributed by atoms with van der Waals surface area (Å²) in [5, 5.41) is 11.5. The molecule has 1 aromatic rings. The molecular formula is C12H11ClFNO4. The van der Waals surface area contributed by atoms with E-state index in [9.17, 15) is 14.0 Å². The van der Waals surface area contributed by atoms with E-state index in [4.69, 9.17) is 21.4 Å². The molecule has 1 aliphatic rings. The van der Waals surface area contributed by atoms with Gasteiger partial charge in [-0.05, 0) is 18.2 Å². The van der Waals surface area contributed by atoms with Gasteiger partial charge in [0.2, 0.25) is 0 Å². The Morgan fingerprint density at radius 1 is 1.42 bits per heavy atom. The third kappa shape index (κ3) is 3.02. The van der Waals surface area contributed by atoms with Crippen molar-refractivity contribution in [3.8, 4) is 0 Å². The molecule has 0 spiro atoms.